The van der Waals surface area contributed by atoms with Crippen molar-refractivity contribution >= 4 is 38.7 Å². The lowest BCUT2D eigenvalue weighted by molar-refractivity contribution is 0.466. The van der Waals surface area contributed by atoms with E-state index in [2.05, 4.69) is 194 Å². The zero-order valence-corrected chi connectivity index (χ0v) is 31.4. The average Bonchev–Trinajstić information content (AvgIpc) is 3.29. The molecule has 0 radical (unpaired) electrons. The van der Waals surface area contributed by atoms with Crippen molar-refractivity contribution in [3.05, 3.63) is 211 Å². The van der Waals surface area contributed by atoms with Crippen LogP contribution in [-0.4, -0.2) is 17.6 Å². The van der Waals surface area contributed by atoms with Crippen LogP contribution in [0.1, 0.15) is 42.4 Å². The van der Waals surface area contributed by atoms with Crippen LogP contribution < -0.4 is 0 Å². The Morgan fingerprint density at radius 2 is 0.946 bits per heavy atom. The normalized spacial score (nSPS) is 17.0. The van der Waals surface area contributed by atoms with E-state index < -0.39 is 0 Å². The molecule has 56 heavy (non-hydrogen) atoms. The second kappa shape index (κ2) is 14.9. The van der Waals surface area contributed by atoms with Gasteiger partial charge >= 0.3 is 0 Å². The Kier molecular flexibility index (Phi) is 9.01. The Morgan fingerprint density at radius 3 is 1.66 bits per heavy atom. The molecule has 0 fully saturated rings. The predicted octanol–water partition coefficient (Wildman–Crippen LogP) is 13.9. The third-order valence-corrected chi connectivity index (χ3v) is 11.7. The van der Waals surface area contributed by atoms with Crippen molar-refractivity contribution < 1.29 is 0 Å². The van der Waals surface area contributed by atoms with Gasteiger partial charge in [0.2, 0.25) is 0 Å². The van der Waals surface area contributed by atoms with Gasteiger partial charge in [0.15, 0.2) is 5.84 Å². The zero-order chi connectivity index (χ0) is 37.3. The lowest BCUT2D eigenvalue weighted by atomic mass is 9.77. The van der Waals surface area contributed by atoms with E-state index in [1.54, 1.807) is 0 Å². The minimum Gasteiger partial charge on any atom is -0.262 e. The van der Waals surface area contributed by atoms with Gasteiger partial charge in [0.25, 0.3) is 0 Å². The summed E-state index contributed by atoms with van der Waals surface area (Å²) in [5.41, 5.74) is 13.3. The van der Waals surface area contributed by atoms with E-state index in [-0.39, 0.29) is 6.04 Å². The number of hydrogen-bond donors (Lipinski definition) is 0. The van der Waals surface area contributed by atoms with Crippen molar-refractivity contribution in [1.82, 2.24) is 0 Å². The second-order valence-electron chi connectivity index (χ2n) is 15.2. The molecule has 1 aliphatic heterocycles. The van der Waals surface area contributed by atoms with Crippen LogP contribution in [-0.2, 0) is 0 Å². The molecule has 2 aliphatic rings. The van der Waals surface area contributed by atoms with Crippen LogP contribution in [0.3, 0.4) is 0 Å². The van der Waals surface area contributed by atoms with E-state index in [0.29, 0.717) is 5.92 Å². The van der Waals surface area contributed by atoms with Crippen molar-refractivity contribution in [3.63, 3.8) is 0 Å². The smallest absolute Gasteiger partial charge is 0.155 e. The van der Waals surface area contributed by atoms with Gasteiger partial charge in [0.1, 0.15) is 0 Å². The van der Waals surface area contributed by atoms with Crippen molar-refractivity contribution in [1.29, 1.82) is 0 Å². The van der Waals surface area contributed by atoms with Crippen molar-refractivity contribution in [2.75, 3.05) is 0 Å². The van der Waals surface area contributed by atoms with E-state index >= 15 is 0 Å². The summed E-state index contributed by atoms with van der Waals surface area (Å²) in [5.74, 6) is 1.14. The fourth-order valence-corrected chi connectivity index (χ4v) is 8.82. The number of amidine groups is 1. The highest BCUT2D eigenvalue weighted by atomic mass is 15.0. The summed E-state index contributed by atoms with van der Waals surface area (Å²) in [6, 6.07) is 68.2. The maximum absolute atomic E-state index is 5.56. The molecule has 0 N–H and O–H groups in total. The summed E-state index contributed by atoms with van der Waals surface area (Å²) in [6.45, 7) is 0. The van der Waals surface area contributed by atoms with Gasteiger partial charge in [0, 0.05) is 23.5 Å². The van der Waals surface area contributed by atoms with E-state index in [0.717, 1.165) is 41.9 Å². The Labute approximate surface area is 329 Å². The number of allylic oxidation sites excluding steroid dienone is 1. The molecule has 0 spiro atoms. The third-order valence-electron chi connectivity index (χ3n) is 11.7. The van der Waals surface area contributed by atoms with E-state index in [4.69, 9.17) is 9.98 Å². The SMILES string of the molecule is C1=C(c2ccccc2)C(C2CC(c3ccccc3-c3ccccc3)=NC(c3cccc(-c4ccc5cc(-c6ccc7ccccc7c6)ccc5c4)c3)=N2)CCC1. The quantitative estimate of drug-likeness (QED) is 0.157. The highest BCUT2D eigenvalue weighted by molar-refractivity contribution is 6.16. The summed E-state index contributed by atoms with van der Waals surface area (Å²) in [4.78, 5) is 11.0. The molecule has 0 saturated heterocycles. The van der Waals surface area contributed by atoms with Gasteiger partial charge < -0.3 is 0 Å². The Bertz CT molecular complexity index is 2810. The number of rotatable bonds is 7. The summed E-state index contributed by atoms with van der Waals surface area (Å²) in [6.07, 6.45) is 6.67. The van der Waals surface area contributed by atoms with E-state index in [9.17, 15) is 0 Å². The first kappa shape index (κ1) is 33.9. The maximum Gasteiger partial charge on any atom is 0.155 e. The molecule has 1 aliphatic carbocycles. The van der Waals surface area contributed by atoms with Crippen LogP contribution in [0.5, 0.6) is 0 Å². The lowest BCUT2D eigenvalue weighted by Crippen LogP contribution is -2.30. The molecule has 0 bridgehead atoms. The monoisotopic (exact) mass is 718 g/mol. The summed E-state index contributed by atoms with van der Waals surface area (Å²) in [7, 11) is 0. The molecular weight excluding hydrogens is 677 g/mol. The van der Waals surface area contributed by atoms with Crippen LogP contribution in [0, 0.1) is 5.92 Å². The molecule has 2 nitrogen and oxygen atoms in total. The average molecular weight is 719 g/mol. The van der Waals surface area contributed by atoms with E-state index in [1.807, 2.05) is 0 Å². The Morgan fingerprint density at radius 1 is 0.411 bits per heavy atom. The molecule has 2 unspecified atom stereocenters. The second-order valence-corrected chi connectivity index (χ2v) is 15.2. The van der Waals surface area contributed by atoms with Gasteiger partial charge in [-0.3, -0.25) is 4.99 Å². The van der Waals surface area contributed by atoms with Crippen LogP contribution in [0.15, 0.2) is 204 Å². The van der Waals surface area contributed by atoms with Gasteiger partial charge in [-0.05, 0) is 110 Å². The molecule has 0 amide bonds. The highest BCUT2D eigenvalue weighted by Gasteiger charge is 2.32. The standard InChI is InChI=1S/C54H42N2/c1-3-15-38(16-4-1)48-22-9-11-24-50(48)52-36-53(51-25-12-10-23-49(51)39-17-5-2-6-18-39)56-54(55-52)47-21-13-20-41(35-47)42-28-29-46-34-45(31-30-44(46)33-42)43-27-26-37-14-7-8-19-40(37)32-43/h1-9,11,13-24,26-35,51,53H,10,12,25,36H2. The largest absolute Gasteiger partial charge is 0.262 e. The number of nitrogens with zero attached hydrogens (tertiary/aromatic N) is 2. The molecule has 8 aromatic rings. The maximum atomic E-state index is 5.56. The lowest BCUT2D eigenvalue weighted by Gasteiger charge is -2.33. The van der Waals surface area contributed by atoms with Crippen LogP contribution >= 0.6 is 0 Å². The summed E-state index contributed by atoms with van der Waals surface area (Å²) >= 11 is 0. The van der Waals surface area contributed by atoms with Gasteiger partial charge in [-0.25, -0.2) is 4.99 Å². The van der Waals surface area contributed by atoms with Gasteiger partial charge in [-0.15, -0.1) is 0 Å². The molecule has 2 heteroatoms. The number of fused-ring (bicyclic) bond motifs is 2. The molecule has 10 rings (SSSR count). The van der Waals surface area contributed by atoms with Crippen LogP contribution in [0.25, 0.3) is 60.5 Å². The third kappa shape index (κ3) is 6.69. The summed E-state index contributed by atoms with van der Waals surface area (Å²) < 4.78 is 0. The molecule has 1 heterocycles. The first-order valence-electron chi connectivity index (χ1n) is 19.9. The van der Waals surface area contributed by atoms with Gasteiger partial charge in [-0.2, -0.15) is 0 Å². The molecule has 268 valence electrons. The highest BCUT2D eigenvalue weighted by Crippen LogP contribution is 2.40. The van der Waals surface area contributed by atoms with Crippen molar-refractivity contribution in [3.8, 4) is 33.4 Å². The van der Waals surface area contributed by atoms with Gasteiger partial charge in [0.05, 0.1) is 11.8 Å². The first-order chi connectivity index (χ1) is 27.7. The molecule has 8 aromatic carbocycles. The van der Waals surface area contributed by atoms with Gasteiger partial charge in [-0.1, -0.05) is 170 Å². The number of aliphatic imine (C=N–C) groups is 2. The predicted molar refractivity (Wildman–Crippen MR) is 237 cm³/mol. The zero-order valence-electron chi connectivity index (χ0n) is 31.4. The van der Waals surface area contributed by atoms with Crippen molar-refractivity contribution in [2.45, 2.75) is 31.7 Å². The fraction of sp³-hybridized carbons (Fsp3) is 0.111. The number of benzene rings is 8. The molecule has 0 saturated carbocycles. The van der Waals surface area contributed by atoms with Crippen molar-refractivity contribution in [2.24, 2.45) is 15.9 Å². The minimum atomic E-state index is 0.0780. The van der Waals surface area contributed by atoms with E-state index in [1.165, 1.54) is 72.5 Å². The first-order valence-corrected chi connectivity index (χ1v) is 19.9. The molecule has 2 atom stereocenters. The molecule has 0 aromatic heterocycles. The number of hydrogen-bond acceptors (Lipinski definition) is 2. The fourth-order valence-electron chi connectivity index (χ4n) is 8.82. The summed E-state index contributed by atoms with van der Waals surface area (Å²) in [5, 5.41) is 4.98. The Balaban J connectivity index is 1.03. The molecular formula is C54H42N2. The van der Waals surface area contributed by atoms with Crippen LogP contribution in [0.2, 0.25) is 0 Å². The minimum absolute atomic E-state index is 0.0780. The van der Waals surface area contributed by atoms with Crippen LogP contribution in [0.4, 0.5) is 0 Å². The topological polar surface area (TPSA) is 24.7 Å². The Hall–Kier alpha value is -6.64.